The third-order valence-corrected chi connectivity index (χ3v) is 3.52. The van der Waals surface area contributed by atoms with E-state index in [1.807, 2.05) is 50.2 Å². The molecule has 1 heterocycles. The summed E-state index contributed by atoms with van der Waals surface area (Å²) in [6, 6.07) is 13.5. The standard InChI is InChI=1S/C17H15ClN2O2/c1-11-3-6-13(7-4-11)17-19-16(20-22-17)10-21-15-9-12(2)5-8-14(15)18/h3-9H,10H2,1-2H3. The first kappa shape index (κ1) is 14.6. The first-order valence-corrected chi connectivity index (χ1v) is 7.28. The highest BCUT2D eigenvalue weighted by atomic mass is 35.5. The molecule has 3 aromatic rings. The number of nitrogens with zero attached hydrogens (tertiary/aromatic N) is 2. The van der Waals surface area contributed by atoms with Crippen molar-refractivity contribution in [1.82, 2.24) is 10.1 Å². The van der Waals surface area contributed by atoms with Gasteiger partial charge in [-0.15, -0.1) is 0 Å². The molecule has 22 heavy (non-hydrogen) atoms. The monoisotopic (exact) mass is 314 g/mol. The molecule has 0 spiro atoms. The number of rotatable bonds is 4. The van der Waals surface area contributed by atoms with Crippen molar-refractivity contribution in [2.75, 3.05) is 0 Å². The normalized spacial score (nSPS) is 10.7. The van der Waals surface area contributed by atoms with Crippen LogP contribution in [0, 0.1) is 13.8 Å². The fraction of sp³-hybridized carbons (Fsp3) is 0.176. The molecule has 0 amide bonds. The summed E-state index contributed by atoms with van der Waals surface area (Å²) >= 11 is 6.09. The minimum atomic E-state index is 0.207. The van der Waals surface area contributed by atoms with E-state index in [9.17, 15) is 0 Å². The second-order valence-electron chi connectivity index (χ2n) is 5.10. The highest BCUT2D eigenvalue weighted by Crippen LogP contribution is 2.26. The van der Waals surface area contributed by atoms with Gasteiger partial charge in [-0.1, -0.05) is 40.5 Å². The van der Waals surface area contributed by atoms with Gasteiger partial charge in [0.1, 0.15) is 5.75 Å². The number of aromatic nitrogens is 2. The first-order chi connectivity index (χ1) is 10.6. The zero-order valence-electron chi connectivity index (χ0n) is 12.3. The van der Waals surface area contributed by atoms with Crippen molar-refractivity contribution in [3.63, 3.8) is 0 Å². The molecule has 0 aliphatic rings. The summed E-state index contributed by atoms with van der Waals surface area (Å²) in [6.45, 7) is 4.22. The van der Waals surface area contributed by atoms with Crippen LogP contribution >= 0.6 is 11.6 Å². The van der Waals surface area contributed by atoms with E-state index in [0.717, 1.165) is 11.1 Å². The lowest BCUT2D eigenvalue weighted by atomic mass is 10.1. The van der Waals surface area contributed by atoms with Crippen LogP contribution in [0.3, 0.4) is 0 Å². The van der Waals surface area contributed by atoms with Crippen molar-refractivity contribution >= 4 is 11.6 Å². The molecule has 0 saturated carbocycles. The summed E-state index contributed by atoms with van der Waals surface area (Å²) in [5, 5.41) is 4.49. The van der Waals surface area contributed by atoms with E-state index in [2.05, 4.69) is 10.1 Å². The van der Waals surface area contributed by atoms with Crippen LogP contribution in [-0.4, -0.2) is 10.1 Å². The molecule has 0 bridgehead atoms. The average Bonchev–Trinajstić information content (AvgIpc) is 2.98. The Morgan fingerprint density at radius 1 is 1.05 bits per heavy atom. The predicted octanol–water partition coefficient (Wildman–Crippen LogP) is 4.59. The SMILES string of the molecule is Cc1ccc(-c2nc(COc3cc(C)ccc3Cl)no2)cc1. The number of hydrogen-bond donors (Lipinski definition) is 0. The van der Waals surface area contributed by atoms with E-state index in [1.54, 1.807) is 6.07 Å². The van der Waals surface area contributed by atoms with E-state index in [-0.39, 0.29) is 6.61 Å². The Bertz CT molecular complexity index is 782. The van der Waals surface area contributed by atoms with Gasteiger partial charge in [0.2, 0.25) is 5.82 Å². The Hall–Kier alpha value is -2.33. The molecule has 112 valence electrons. The lowest BCUT2D eigenvalue weighted by molar-refractivity contribution is 0.287. The zero-order chi connectivity index (χ0) is 15.5. The van der Waals surface area contributed by atoms with Crippen LogP contribution < -0.4 is 4.74 Å². The van der Waals surface area contributed by atoms with Crippen LogP contribution in [0.15, 0.2) is 47.0 Å². The molecular weight excluding hydrogens is 300 g/mol. The third kappa shape index (κ3) is 3.28. The molecule has 0 aliphatic carbocycles. The van der Waals surface area contributed by atoms with Crippen molar-refractivity contribution in [3.05, 3.63) is 64.4 Å². The van der Waals surface area contributed by atoms with Gasteiger partial charge in [-0.2, -0.15) is 4.98 Å². The van der Waals surface area contributed by atoms with Crippen molar-refractivity contribution in [2.24, 2.45) is 0 Å². The van der Waals surface area contributed by atoms with E-state index in [4.69, 9.17) is 20.9 Å². The lowest BCUT2D eigenvalue weighted by Crippen LogP contribution is -1.98. The summed E-state index contributed by atoms with van der Waals surface area (Å²) < 4.78 is 10.9. The predicted molar refractivity (Wildman–Crippen MR) is 85.0 cm³/mol. The first-order valence-electron chi connectivity index (χ1n) is 6.90. The van der Waals surface area contributed by atoms with Crippen LogP contribution in [0.1, 0.15) is 17.0 Å². The minimum Gasteiger partial charge on any atom is -0.484 e. The molecule has 2 aromatic carbocycles. The summed E-state index contributed by atoms with van der Waals surface area (Å²) in [5.41, 5.74) is 3.15. The van der Waals surface area contributed by atoms with Crippen molar-refractivity contribution in [1.29, 1.82) is 0 Å². The Balaban J connectivity index is 1.72. The second kappa shape index (κ2) is 6.20. The van der Waals surface area contributed by atoms with E-state index in [0.29, 0.717) is 22.5 Å². The smallest absolute Gasteiger partial charge is 0.258 e. The number of aryl methyl sites for hydroxylation is 2. The van der Waals surface area contributed by atoms with Gasteiger partial charge < -0.3 is 9.26 Å². The molecular formula is C17H15ClN2O2. The number of ether oxygens (including phenoxy) is 1. The van der Waals surface area contributed by atoms with Crippen molar-refractivity contribution < 1.29 is 9.26 Å². The van der Waals surface area contributed by atoms with E-state index in [1.165, 1.54) is 5.56 Å². The molecule has 0 radical (unpaired) electrons. The highest BCUT2D eigenvalue weighted by Gasteiger charge is 2.10. The lowest BCUT2D eigenvalue weighted by Gasteiger charge is -2.06. The Labute approximate surface area is 133 Å². The van der Waals surface area contributed by atoms with Gasteiger partial charge in [-0.3, -0.25) is 0 Å². The summed E-state index contributed by atoms with van der Waals surface area (Å²) in [4.78, 5) is 4.33. The minimum absolute atomic E-state index is 0.207. The molecule has 0 fully saturated rings. The summed E-state index contributed by atoms with van der Waals surface area (Å²) in [6.07, 6.45) is 0. The molecule has 3 rings (SSSR count). The van der Waals surface area contributed by atoms with E-state index >= 15 is 0 Å². The van der Waals surface area contributed by atoms with Crippen molar-refractivity contribution in [3.8, 4) is 17.2 Å². The van der Waals surface area contributed by atoms with Crippen LogP contribution in [-0.2, 0) is 6.61 Å². The molecule has 0 aliphatic heterocycles. The maximum atomic E-state index is 6.09. The maximum Gasteiger partial charge on any atom is 0.258 e. The molecule has 0 saturated heterocycles. The van der Waals surface area contributed by atoms with Gasteiger partial charge in [0, 0.05) is 5.56 Å². The van der Waals surface area contributed by atoms with Gasteiger partial charge in [0.15, 0.2) is 6.61 Å². The fourth-order valence-electron chi connectivity index (χ4n) is 1.99. The van der Waals surface area contributed by atoms with Gasteiger partial charge in [0.25, 0.3) is 5.89 Å². The maximum absolute atomic E-state index is 6.09. The highest BCUT2D eigenvalue weighted by molar-refractivity contribution is 6.32. The van der Waals surface area contributed by atoms with Gasteiger partial charge in [0.05, 0.1) is 5.02 Å². The summed E-state index contributed by atoms with van der Waals surface area (Å²) in [7, 11) is 0. The molecule has 5 heteroatoms. The quantitative estimate of drug-likeness (QED) is 0.707. The van der Waals surface area contributed by atoms with Crippen molar-refractivity contribution in [2.45, 2.75) is 20.5 Å². The number of benzene rings is 2. The number of halogens is 1. The van der Waals surface area contributed by atoms with Crippen LogP contribution in [0.4, 0.5) is 0 Å². The second-order valence-corrected chi connectivity index (χ2v) is 5.51. The van der Waals surface area contributed by atoms with Crippen LogP contribution in [0.5, 0.6) is 5.75 Å². The van der Waals surface area contributed by atoms with Gasteiger partial charge in [-0.05, 0) is 43.7 Å². The molecule has 0 atom stereocenters. The average molecular weight is 315 g/mol. The Kier molecular flexibility index (Phi) is 4.11. The third-order valence-electron chi connectivity index (χ3n) is 3.21. The Morgan fingerprint density at radius 2 is 1.77 bits per heavy atom. The molecule has 0 unspecified atom stereocenters. The molecule has 0 N–H and O–H groups in total. The largest absolute Gasteiger partial charge is 0.484 e. The number of hydrogen-bond acceptors (Lipinski definition) is 4. The van der Waals surface area contributed by atoms with Crippen LogP contribution in [0.2, 0.25) is 5.02 Å². The molecule has 4 nitrogen and oxygen atoms in total. The Morgan fingerprint density at radius 3 is 2.55 bits per heavy atom. The molecule has 1 aromatic heterocycles. The summed E-state index contributed by atoms with van der Waals surface area (Å²) in [5.74, 6) is 1.57. The van der Waals surface area contributed by atoms with E-state index < -0.39 is 0 Å². The van der Waals surface area contributed by atoms with Crippen LogP contribution in [0.25, 0.3) is 11.5 Å². The van der Waals surface area contributed by atoms with Gasteiger partial charge >= 0.3 is 0 Å². The fourth-order valence-corrected chi connectivity index (χ4v) is 2.16. The zero-order valence-corrected chi connectivity index (χ0v) is 13.1. The van der Waals surface area contributed by atoms with Gasteiger partial charge in [-0.25, -0.2) is 0 Å². The topological polar surface area (TPSA) is 48.2 Å².